The summed E-state index contributed by atoms with van der Waals surface area (Å²) in [4.78, 5) is 36.7. The van der Waals surface area contributed by atoms with Crippen LogP contribution in [-0.4, -0.2) is 28.1 Å². The maximum atomic E-state index is 13.7. The van der Waals surface area contributed by atoms with Gasteiger partial charge in [0.1, 0.15) is 5.65 Å². The smallest absolute Gasteiger partial charge is 0.322 e. The standard InChI is InChI=1S/C26H26N6O2/c1-18-8-7-13-29-15-20(28-23(18)29)16-31-25(33)22-24(27-17-32(22)21-11-5-6-12-21)30(26(31)34)14-19-9-3-2-4-10-19/h2-4,7-10,13,15,17,21H,5-6,11-12,14,16H2,1H3. The van der Waals surface area contributed by atoms with Crippen LogP contribution >= 0.6 is 0 Å². The van der Waals surface area contributed by atoms with Crippen molar-refractivity contribution in [1.29, 1.82) is 0 Å². The Balaban J connectivity index is 1.54. The van der Waals surface area contributed by atoms with Crippen LogP contribution in [0.4, 0.5) is 0 Å². The van der Waals surface area contributed by atoms with Crippen LogP contribution in [0.3, 0.4) is 0 Å². The van der Waals surface area contributed by atoms with Crippen LogP contribution in [0.2, 0.25) is 0 Å². The Labute approximate surface area is 195 Å². The Morgan fingerprint density at radius 3 is 2.50 bits per heavy atom. The minimum absolute atomic E-state index is 0.110. The molecule has 1 aliphatic rings. The monoisotopic (exact) mass is 454 g/mol. The molecule has 0 aliphatic heterocycles. The van der Waals surface area contributed by atoms with Gasteiger partial charge in [-0.25, -0.2) is 14.8 Å². The number of rotatable bonds is 5. The van der Waals surface area contributed by atoms with Crippen molar-refractivity contribution >= 4 is 16.8 Å². The van der Waals surface area contributed by atoms with Gasteiger partial charge in [0.05, 0.1) is 25.1 Å². The number of aromatic nitrogens is 6. The number of hydrogen-bond acceptors (Lipinski definition) is 4. The lowest BCUT2D eigenvalue weighted by Gasteiger charge is -2.15. The van der Waals surface area contributed by atoms with Crippen molar-refractivity contribution in [3.63, 3.8) is 0 Å². The van der Waals surface area contributed by atoms with Crippen molar-refractivity contribution in [2.24, 2.45) is 0 Å². The first-order valence-corrected chi connectivity index (χ1v) is 11.8. The van der Waals surface area contributed by atoms with Crippen molar-refractivity contribution in [2.75, 3.05) is 0 Å². The second-order valence-electron chi connectivity index (χ2n) is 9.16. The van der Waals surface area contributed by atoms with Crippen LogP contribution in [-0.2, 0) is 13.1 Å². The average Bonchev–Trinajstić information content (AvgIpc) is 3.60. The van der Waals surface area contributed by atoms with Gasteiger partial charge >= 0.3 is 5.69 Å². The van der Waals surface area contributed by atoms with Gasteiger partial charge in [-0.2, -0.15) is 0 Å². The Morgan fingerprint density at radius 2 is 1.74 bits per heavy atom. The molecule has 1 aliphatic carbocycles. The summed E-state index contributed by atoms with van der Waals surface area (Å²) in [6.45, 7) is 2.46. The molecule has 5 aromatic rings. The largest absolute Gasteiger partial charge is 0.333 e. The molecule has 8 nitrogen and oxygen atoms in total. The van der Waals surface area contributed by atoms with Crippen molar-refractivity contribution in [3.8, 4) is 0 Å². The van der Waals surface area contributed by atoms with Crippen LogP contribution in [0.1, 0.15) is 48.5 Å². The third-order valence-electron chi connectivity index (χ3n) is 6.89. The minimum atomic E-state index is -0.369. The molecule has 0 N–H and O–H groups in total. The summed E-state index contributed by atoms with van der Waals surface area (Å²) in [5, 5.41) is 0. The second kappa shape index (κ2) is 8.13. The highest BCUT2D eigenvalue weighted by atomic mass is 16.2. The number of imidazole rings is 2. The van der Waals surface area contributed by atoms with Gasteiger partial charge in [0, 0.05) is 18.4 Å². The molecule has 172 valence electrons. The van der Waals surface area contributed by atoms with Gasteiger partial charge in [-0.15, -0.1) is 0 Å². The topological polar surface area (TPSA) is 79.1 Å². The first-order valence-electron chi connectivity index (χ1n) is 11.8. The van der Waals surface area contributed by atoms with Crippen molar-refractivity contribution < 1.29 is 0 Å². The molecule has 1 fully saturated rings. The van der Waals surface area contributed by atoms with Gasteiger partial charge in [-0.3, -0.25) is 13.9 Å². The molecule has 0 atom stereocenters. The fourth-order valence-corrected chi connectivity index (χ4v) is 5.16. The zero-order valence-electron chi connectivity index (χ0n) is 19.1. The molecule has 1 aromatic carbocycles. The Morgan fingerprint density at radius 1 is 0.941 bits per heavy atom. The molecule has 4 aromatic heterocycles. The molecule has 8 heteroatoms. The normalized spacial score (nSPS) is 14.5. The van der Waals surface area contributed by atoms with E-state index in [2.05, 4.69) is 4.98 Å². The molecule has 0 bridgehead atoms. The summed E-state index contributed by atoms with van der Waals surface area (Å²) in [6, 6.07) is 14.0. The van der Waals surface area contributed by atoms with E-state index in [1.165, 1.54) is 4.57 Å². The van der Waals surface area contributed by atoms with Gasteiger partial charge in [-0.05, 0) is 37.0 Å². The highest BCUT2D eigenvalue weighted by molar-refractivity contribution is 5.70. The van der Waals surface area contributed by atoms with Crippen LogP contribution in [0, 0.1) is 6.92 Å². The van der Waals surface area contributed by atoms with E-state index in [-0.39, 0.29) is 23.8 Å². The molecule has 0 spiro atoms. The van der Waals surface area contributed by atoms with Gasteiger partial charge in [0.2, 0.25) is 0 Å². The van der Waals surface area contributed by atoms with E-state index in [9.17, 15) is 9.59 Å². The minimum Gasteiger partial charge on any atom is -0.322 e. The molecule has 6 rings (SSSR count). The van der Waals surface area contributed by atoms with Gasteiger partial charge in [0.25, 0.3) is 5.56 Å². The molecule has 4 heterocycles. The number of nitrogens with zero attached hydrogens (tertiary/aromatic N) is 6. The lowest BCUT2D eigenvalue weighted by atomic mass is 10.2. The zero-order chi connectivity index (χ0) is 23.2. The highest BCUT2D eigenvalue weighted by Crippen LogP contribution is 2.31. The number of fused-ring (bicyclic) bond motifs is 2. The van der Waals surface area contributed by atoms with E-state index in [1.807, 2.05) is 70.7 Å². The highest BCUT2D eigenvalue weighted by Gasteiger charge is 2.24. The van der Waals surface area contributed by atoms with Crippen molar-refractivity contribution in [1.82, 2.24) is 28.1 Å². The summed E-state index contributed by atoms with van der Waals surface area (Å²) < 4.78 is 6.86. The van der Waals surface area contributed by atoms with Crippen LogP contribution in [0.15, 0.2) is 70.8 Å². The third-order valence-corrected chi connectivity index (χ3v) is 6.89. The fraction of sp³-hybridized carbons (Fsp3) is 0.308. The Kier molecular flexibility index (Phi) is 4.94. The Hall–Kier alpha value is -3.94. The van der Waals surface area contributed by atoms with Gasteiger partial charge in [0.15, 0.2) is 11.2 Å². The second-order valence-corrected chi connectivity index (χ2v) is 9.16. The first-order chi connectivity index (χ1) is 16.6. The molecule has 0 amide bonds. The van der Waals surface area contributed by atoms with E-state index in [0.29, 0.717) is 23.4 Å². The molecule has 0 unspecified atom stereocenters. The van der Waals surface area contributed by atoms with E-state index in [0.717, 1.165) is 42.5 Å². The van der Waals surface area contributed by atoms with Gasteiger partial charge < -0.3 is 8.97 Å². The van der Waals surface area contributed by atoms with E-state index < -0.39 is 0 Å². The third kappa shape index (κ3) is 3.37. The summed E-state index contributed by atoms with van der Waals surface area (Å²) in [5.41, 5.74) is 3.80. The van der Waals surface area contributed by atoms with E-state index >= 15 is 0 Å². The van der Waals surface area contributed by atoms with Crippen molar-refractivity contribution in [3.05, 3.63) is 98.8 Å². The van der Waals surface area contributed by atoms with Gasteiger partial charge in [-0.1, -0.05) is 49.2 Å². The molecule has 0 saturated heterocycles. The SMILES string of the molecule is Cc1cccn2cc(Cn3c(=O)c4c(ncn4C4CCCC4)n(Cc4ccccc4)c3=O)nc12. The summed E-state index contributed by atoms with van der Waals surface area (Å²) in [7, 11) is 0. The summed E-state index contributed by atoms with van der Waals surface area (Å²) in [5.74, 6) is 0. The van der Waals surface area contributed by atoms with Crippen molar-refractivity contribution in [2.45, 2.75) is 51.7 Å². The predicted molar refractivity (Wildman–Crippen MR) is 130 cm³/mol. The molecular formula is C26H26N6O2. The lowest BCUT2D eigenvalue weighted by molar-refractivity contribution is 0.527. The molecule has 0 radical (unpaired) electrons. The van der Waals surface area contributed by atoms with Crippen LogP contribution < -0.4 is 11.2 Å². The summed E-state index contributed by atoms with van der Waals surface area (Å²) >= 11 is 0. The van der Waals surface area contributed by atoms with E-state index in [4.69, 9.17) is 4.98 Å². The molecule has 34 heavy (non-hydrogen) atoms. The molecule has 1 saturated carbocycles. The number of aryl methyl sites for hydroxylation is 1. The maximum absolute atomic E-state index is 13.7. The fourth-order valence-electron chi connectivity index (χ4n) is 5.16. The first kappa shape index (κ1) is 20.7. The average molecular weight is 455 g/mol. The Bertz CT molecular complexity index is 1620. The summed E-state index contributed by atoms with van der Waals surface area (Å²) in [6.07, 6.45) is 9.87. The number of hydrogen-bond donors (Lipinski definition) is 0. The lowest BCUT2D eigenvalue weighted by Crippen LogP contribution is -2.41. The van der Waals surface area contributed by atoms with E-state index in [1.54, 1.807) is 10.9 Å². The molecular weight excluding hydrogens is 428 g/mol. The maximum Gasteiger partial charge on any atom is 0.333 e. The quantitative estimate of drug-likeness (QED) is 0.407. The number of benzene rings is 1. The van der Waals surface area contributed by atoms with Crippen LogP contribution in [0.25, 0.3) is 16.8 Å². The van der Waals surface area contributed by atoms with Crippen LogP contribution in [0.5, 0.6) is 0 Å². The number of pyridine rings is 1. The predicted octanol–water partition coefficient (Wildman–Crippen LogP) is 3.53. The zero-order valence-corrected chi connectivity index (χ0v) is 19.1.